The number of benzene rings is 1. The number of anilines is 3. The van der Waals surface area contributed by atoms with Crippen LogP contribution < -0.4 is 21.5 Å². The van der Waals surface area contributed by atoms with Crippen molar-refractivity contribution in [2.75, 3.05) is 23.0 Å². The second kappa shape index (κ2) is 10.1. The van der Waals surface area contributed by atoms with Crippen molar-refractivity contribution < 1.29 is 9.18 Å². The lowest BCUT2D eigenvalue weighted by Crippen LogP contribution is -2.26. The Morgan fingerprint density at radius 2 is 1.85 bits per heavy atom. The summed E-state index contributed by atoms with van der Waals surface area (Å²) in [5.74, 6) is 0.292. The minimum absolute atomic E-state index is 0.0280. The van der Waals surface area contributed by atoms with E-state index in [0.717, 1.165) is 31.4 Å². The molecule has 1 fully saturated rings. The highest BCUT2D eigenvalue weighted by Crippen LogP contribution is 2.33. The third-order valence-corrected chi connectivity index (χ3v) is 7.10. The maximum atomic E-state index is 14.8. The van der Waals surface area contributed by atoms with Crippen LogP contribution in [0, 0.1) is 5.82 Å². The normalized spacial score (nSPS) is 14.1. The Morgan fingerprint density at radius 1 is 1.10 bits per heavy atom. The van der Waals surface area contributed by atoms with Crippen LogP contribution in [0.4, 0.5) is 26.6 Å². The molecule has 0 bridgehead atoms. The van der Waals surface area contributed by atoms with E-state index in [1.165, 1.54) is 12.1 Å². The van der Waals surface area contributed by atoms with Crippen molar-refractivity contribution in [1.29, 1.82) is 0 Å². The first-order valence-electron chi connectivity index (χ1n) is 13.1. The zero-order valence-corrected chi connectivity index (χ0v) is 22.8. The lowest BCUT2D eigenvalue weighted by molar-refractivity contribution is 0.262. The zero-order chi connectivity index (χ0) is 27.9. The number of halogens is 1. The number of aromatic nitrogens is 5. The Kier molecular flexibility index (Phi) is 6.83. The quantitative estimate of drug-likeness (QED) is 0.315. The van der Waals surface area contributed by atoms with Gasteiger partial charge in [0.05, 0.1) is 11.4 Å². The molecule has 11 heteroatoms. The maximum absolute atomic E-state index is 14.8. The van der Waals surface area contributed by atoms with Gasteiger partial charge in [0.1, 0.15) is 17.3 Å². The molecular formula is C28H33FN8O2. The van der Waals surface area contributed by atoms with E-state index in [-0.39, 0.29) is 22.7 Å². The number of fused-ring (bicyclic) bond motifs is 1. The van der Waals surface area contributed by atoms with Crippen LogP contribution in [0.15, 0.2) is 41.3 Å². The second-order valence-corrected chi connectivity index (χ2v) is 11.0. The molecule has 1 aromatic carbocycles. The molecular weight excluding hydrogens is 499 g/mol. The number of nitrogens with one attached hydrogen (secondary N) is 3. The Balaban J connectivity index is 1.50. The molecule has 3 aromatic heterocycles. The van der Waals surface area contributed by atoms with Crippen LogP contribution in [0.25, 0.3) is 22.2 Å². The Bertz CT molecular complexity index is 1610. The van der Waals surface area contributed by atoms with E-state index in [1.807, 2.05) is 20.8 Å². The predicted octanol–water partition coefficient (Wildman–Crippen LogP) is 5.43. The highest BCUT2D eigenvalue weighted by Gasteiger charge is 2.24. The van der Waals surface area contributed by atoms with Crippen LogP contribution in [0.1, 0.15) is 58.2 Å². The average molecular weight is 533 g/mol. The second-order valence-electron chi connectivity index (χ2n) is 11.0. The summed E-state index contributed by atoms with van der Waals surface area (Å²) in [6.45, 7) is 6.08. The molecule has 2 amide bonds. The number of hydrogen-bond acceptors (Lipinski definition) is 6. The number of carbonyl (C=O) groups excluding carboxylic acids is 1. The van der Waals surface area contributed by atoms with Crippen LogP contribution >= 0.6 is 0 Å². The monoisotopic (exact) mass is 532 g/mol. The van der Waals surface area contributed by atoms with E-state index >= 15 is 0 Å². The van der Waals surface area contributed by atoms with Gasteiger partial charge in [-0.15, -0.1) is 0 Å². The number of aryl methyl sites for hydroxylation is 1. The number of amides is 2. The summed E-state index contributed by atoms with van der Waals surface area (Å²) in [5.41, 5.74) is 1.81. The van der Waals surface area contributed by atoms with Gasteiger partial charge in [0.15, 0.2) is 0 Å². The molecule has 5 rings (SSSR count). The fraction of sp³-hybridized carbons (Fsp3) is 0.393. The molecule has 4 aromatic rings. The summed E-state index contributed by atoms with van der Waals surface area (Å²) in [4.78, 5) is 35.5. The van der Waals surface area contributed by atoms with E-state index in [1.54, 1.807) is 47.7 Å². The molecule has 0 spiro atoms. The van der Waals surface area contributed by atoms with Crippen molar-refractivity contribution in [3.63, 3.8) is 0 Å². The molecule has 3 N–H and O–H groups in total. The maximum Gasteiger partial charge on any atom is 0.324 e. The van der Waals surface area contributed by atoms with E-state index in [0.29, 0.717) is 33.9 Å². The fourth-order valence-corrected chi connectivity index (χ4v) is 4.96. The van der Waals surface area contributed by atoms with E-state index in [2.05, 4.69) is 31.0 Å². The first kappa shape index (κ1) is 26.3. The highest BCUT2D eigenvalue weighted by atomic mass is 19.1. The van der Waals surface area contributed by atoms with E-state index < -0.39 is 11.8 Å². The van der Waals surface area contributed by atoms with Crippen molar-refractivity contribution in [2.45, 2.75) is 57.9 Å². The van der Waals surface area contributed by atoms with Gasteiger partial charge in [-0.3, -0.25) is 19.4 Å². The van der Waals surface area contributed by atoms with Crippen LogP contribution in [-0.4, -0.2) is 37.4 Å². The summed E-state index contributed by atoms with van der Waals surface area (Å²) < 4.78 is 18.1. The zero-order valence-electron chi connectivity index (χ0n) is 22.8. The molecule has 1 saturated carbocycles. The van der Waals surface area contributed by atoms with Gasteiger partial charge in [0.25, 0.3) is 5.56 Å². The van der Waals surface area contributed by atoms with Crippen molar-refractivity contribution in [2.24, 2.45) is 7.05 Å². The average Bonchev–Trinajstić information content (AvgIpc) is 3.55. The minimum Gasteiger partial charge on any atom is -0.357 e. The number of carbonyl (C=O) groups is 1. The fourth-order valence-electron chi connectivity index (χ4n) is 4.96. The SMILES string of the molecule is CNc1ncc2cc(-c3ccc(F)c(NC(=O)Nc4cc(C(C)(C)C)nn4C)c3)c(=O)n(C3CCCC3)c2n1. The molecule has 0 unspecified atom stereocenters. The standard InChI is InChI=1S/C28H33FN8O2/c1-28(2,3)22-14-23(36(5)35-22)33-27(39)32-21-13-16(10-11-20(21)29)19-12-17-15-31-26(30-4)34-24(17)37(25(19)38)18-8-6-7-9-18/h10-15,18H,6-9H2,1-5H3,(H,30,31,34)(H2,32,33,39). The molecule has 1 aliphatic rings. The van der Waals surface area contributed by atoms with E-state index in [4.69, 9.17) is 0 Å². The molecule has 39 heavy (non-hydrogen) atoms. The topological polar surface area (TPSA) is 119 Å². The van der Waals surface area contributed by atoms with E-state index in [9.17, 15) is 14.0 Å². The third kappa shape index (κ3) is 5.21. The van der Waals surface area contributed by atoms with Gasteiger partial charge < -0.3 is 10.6 Å². The van der Waals surface area contributed by atoms with Gasteiger partial charge >= 0.3 is 6.03 Å². The lowest BCUT2D eigenvalue weighted by Gasteiger charge is -2.18. The molecule has 204 valence electrons. The van der Waals surface area contributed by atoms with Gasteiger partial charge in [0, 0.05) is 48.8 Å². The van der Waals surface area contributed by atoms with Gasteiger partial charge in [0.2, 0.25) is 5.95 Å². The summed E-state index contributed by atoms with van der Waals surface area (Å²) in [6, 6.07) is 7.18. The first-order chi connectivity index (χ1) is 18.5. The summed E-state index contributed by atoms with van der Waals surface area (Å²) >= 11 is 0. The molecule has 0 saturated heterocycles. The van der Waals surface area contributed by atoms with Crippen molar-refractivity contribution in [3.8, 4) is 11.1 Å². The number of hydrogen-bond donors (Lipinski definition) is 3. The Hall–Kier alpha value is -4.28. The minimum atomic E-state index is -0.621. The molecule has 0 radical (unpaired) electrons. The van der Waals surface area contributed by atoms with Gasteiger partial charge in [-0.05, 0) is 36.6 Å². The van der Waals surface area contributed by atoms with Crippen molar-refractivity contribution >= 4 is 34.5 Å². The number of pyridine rings is 1. The number of urea groups is 1. The van der Waals surface area contributed by atoms with Crippen LogP contribution in [0.2, 0.25) is 0 Å². The third-order valence-electron chi connectivity index (χ3n) is 7.10. The Morgan fingerprint density at radius 3 is 2.51 bits per heavy atom. The molecule has 3 heterocycles. The highest BCUT2D eigenvalue weighted by molar-refractivity contribution is 5.99. The van der Waals surface area contributed by atoms with Crippen LogP contribution in [-0.2, 0) is 12.5 Å². The smallest absolute Gasteiger partial charge is 0.324 e. The van der Waals surface area contributed by atoms with Gasteiger partial charge in [-0.1, -0.05) is 39.7 Å². The first-order valence-corrected chi connectivity index (χ1v) is 13.1. The Labute approximate surface area is 225 Å². The van der Waals surface area contributed by atoms with Crippen molar-refractivity contribution in [3.05, 3.63) is 58.4 Å². The lowest BCUT2D eigenvalue weighted by atomic mass is 9.92. The van der Waals surface area contributed by atoms with Crippen molar-refractivity contribution in [1.82, 2.24) is 24.3 Å². The number of nitrogens with zero attached hydrogens (tertiary/aromatic N) is 5. The number of rotatable bonds is 5. The molecule has 1 aliphatic carbocycles. The van der Waals surface area contributed by atoms with Gasteiger partial charge in [-0.2, -0.15) is 10.1 Å². The summed E-state index contributed by atoms with van der Waals surface area (Å²) in [5, 5.41) is 13.4. The van der Waals surface area contributed by atoms with Crippen LogP contribution in [0.5, 0.6) is 0 Å². The summed E-state index contributed by atoms with van der Waals surface area (Å²) in [7, 11) is 3.46. The molecule has 10 nitrogen and oxygen atoms in total. The molecule has 0 atom stereocenters. The summed E-state index contributed by atoms with van der Waals surface area (Å²) in [6.07, 6.45) is 5.54. The molecule has 0 aliphatic heterocycles. The largest absolute Gasteiger partial charge is 0.357 e. The van der Waals surface area contributed by atoms with Crippen LogP contribution in [0.3, 0.4) is 0 Å². The van der Waals surface area contributed by atoms with Gasteiger partial charge in [-0.25, -0.2) is 14.2 Å². The predicted molar refractivity (Wildman–Crippen MR) is 151 cm³/mol.